The zero-order valence-electron chi connectivity index (χ0n) is 12.6. The van der Waals surface area contributed by atoms with Crippen LogP contribution in [-0.4, -0.2) is 9.55 Å². The highest BCUT2D eigenvalue weighted by Crippen LogP contribution is 2.30. The summed E-state index contributed by atoms with van der Waals surface area (Å²) in [6.45, 7) is 2.00. The second-order valence-corrected chi connectivity index (χ2v) is 6.43. The molecular formula is C19H14N2OS. The molecule has 112 valence electrons. The van der Waals surface area contributed by atoms with Gasteiger partial charge in [-0.15, -0.1) is 11.3 Å². The molecule has 3 nitrogen and oxygen atoms in total. The lowest BCUT2D eigenvalue weighted by atomic mass is 10.2. The van der Waals surface area contributed by atoms with Crippen molar-refractivity contribution in [2.75, 3.05) is 0 Å². The van der Waals surface area contributed by atoms with E-state index in [9.17, 15) is 4.79 Å². The predicted molar refractivity (Wildman–Crippen MR) is 95.4 cm³/mol. The quantitative estimate of drug-likeness (QED) is 0.548. The van der Waals surface area contributed by atoms with Gasteiger partial charge >= 0.3 is 0 Å². The van der Waals surface area contributed by atoms with Crippen LogP contribution >= 0.6 is 11.3 Å². The maximum atomic E-state index is 12.9. The topological polar surface area (TPSA) is 34.9 Å². The summed E-state index contributed by atoms with van der Waals surface area (Å²) in [5.74, 6) is 0. The number of hydrogen-bond donors (Lipinski definition) is 0. The molecule has 0 amide bonds. The summed E-state index contributed by atoms with van der Waals surface area (Å²) < 4.78 is 1.62. The SMILES string of the molecule is Cc1ccccc1-n1cnc2sc(-c3ccccc3)cc2c1=O. The van der Waals surface area contributed by atoms with Gasteiger partial charge in [0, 0.05) is 4.88 Å². The van der Waals surface area contributed by atoms with Crippen LogP contribution < -0.4 is 5.56 Å². The molecule has 0 N–H and O–H groups in total. The molecule has 0 saturated carbocycles. The van der Waals surface area contributed by atoms with E-state index >= 15 is 0 Å². The van der Waals surface area contributed by atoms with E-state index in [1.165, 1.54) is 0 Å². The average molecular weight is 318 g/mol. The third-order valence-electron chi connectivity index (χ3n) is 3.89. The Hall–Kier alpha value is -2.72. The Morgan fingerprint density at radius 1 is 1.00 bits per heavy atom. The fourth-order valence-corrected chi connectivity index (χ4v) is 3.67. The van der Waals surface area contributed by atoms with E-state index in [0.717, 1.165) is 26.5 Å². The Kier molecular flexibility index (Phi) is 3.32. The van der Waals surface area contributed by atoms with E-state index in [1.807, 2.05) is 67.6 Å². The molecule has 0 spiro atoms. The lowest BCUT2D eigenvalue weighted by Crippen LogP contribution is -2.18. The lowest BCUT2D eigenvalue weighted by molar-refractivity contribution is 0.956. The van der Waals surface area contributed by atoms with Gasteiger partial charge in [-0.05, 0) is 30.2 Å². The van der Waals surface area contributed by atoms with E-state index < -0.39 is 0 Å². The number of aromatic nitrogens is 2. The molecule has 0 aliphatic heterocycles. The highest BCUT2D eigenvalue weighted by molar-refractivity contribution is 7.21. The Morgan fingerprint density at radius 2 is 1.74 bits per heavy atom. The number of hydrogen-bond acceptors (Lipinski definition) is 3. The summed E-state index contributed by atoms with van der Waals surface area (Å²) in [6, 6.07) is 19.9. The monoisotopic (exact) mass is 318 g/mol. The Bertz CT molecular complexity index is 1050. The van der Waals surface area contributed by atoms with E-state index in [4.69, 9.17) is 0 Å². The molecule has 2 aromatic carbocycles. The van der Waals surface area contributed by atoms with Gasteiger partial charge in [0.25, 0.3) is 5.56 Å². The van der Waals surface area contributed by atoms with Crippen molar-refractivity contribution in [1.29, 1.82) is 0 Å². The van der Waals surface area contributed by atoms with Gasteiger partial charge in [0.05, 0.1) is 11.1 Å². The Balaban J connectivity index is 1.93. The van der Waals surface area contributed by atoms with Crippen LogP contribution in [0.2, 0.25) is 0 Å². The highest BCUT2D eigenvalue weighted by Gasteiger charge is 2.11. The van der Waals surface area contributed by atoms with Gasteiger partial charge < -0.3 is 0 Å². The number of para-hydroxylation sites is 1. The first-order valence-electron chi connectivity index (χ1n) is 7.36. The minimum atomic E-state index is -0.0252. The van der Waals surface area contributed by atoms with Crippen LogP contribution in [0.1, 0.15) is 5.56 Å². The minimum Gasteiger partial charge on any atom is -0.268 e. The van der Waals surface area contributed by atoms with Gasteiger partial charge in [0.2, 0.25) is 0 Å². The van der Waals surface area contributed by atoms with Crippen molar-refractivity contribution in [1.82, 2.24) is 9.55 Å². The third-order valence-corrected chi connectivity index (χ3v) is 4.98. The van der Waals surface area contributed by atoms with Crippen LogP contribution in [0.25, 0.3) is 26.3 Å². The zero-order valence-corrected chi connectivity index (χ0v) is 13.4. The van der Waals surface area contributed by atoms with Crippen LogP contribution in [0.15, 0.2) is 71.8 Å². The molecule has 0 aliphatic carbocycles. The molecule has 0 fully saturated rings. The molecular weight excluding hydrogens is 304 g/mol. The van der Waals surface area contributed by atoms with E-state index in [-0.39, 0.29) is 5.56 Å². The van der Waals surface area contributed by atoms with Crippen molar-refractivity contribution in [3.8, 4) is 16.1 Å². The van der Waals surface area contributed by atoms with Crippen molar-refractivity contribution in [3.05, 3.63) is 82.9 Å². The maximum Gasteiger partial charge on any atom is 0.266 e. The molecule has 23 heavy (non-hydrogen) atoms. The summed E-state index contributed by atoms with van der Waals surface area (Å²) in [4.78, 5) is 19.2. The predicted octanol–water partition coefficient (Wildman–Crippen LogP) is 4.42. The van der Waals surface area contributed by atoms with Crippen LogP contribution in [0.5, 0.6) is 0 Å². The largest absolute Gasteiger partial charge is 0.268 e. The number of rotatable bonds is 2. The second-order valence-electron chi connectivity index (χ2n) is 5.40. The Morgan fingerprint density at radius 3 is 2.52 bits per heavy atom. The number of aryl methyl sites for hydroxylation is 1. The fourth-order valence-electron chi connectivity index (χ4n) is 2.67. The highest BCUT2D eigenvalue weighted by atomic mass is 32.1. The average Bonchev–Trinajstić information content (AvgIpc) is 3.02. The molecule has 0 aliphatic rings. The summed E-state index contributed by atoms with van der Waals surface area (Å²) in [5, 5.41) is 0.666. The molecule has 4 aromatic rings. The van der Waals surface area contributed by atoms with Gasteiger partial charge in [-0.3, -0.25) is 9.36 Å². The molecule has 0 bridgehead atoms. The number of thiophene rings is 1. The molecule has 0 unspecified atom stereocenters. The van der Waals surface area contributed by atoms with E-state index in [1.54, 1.807) is 22.2 Å². The second kappa shape index (κ2) is 5.48. The van der Waals surface area contributed by atoms with Gasteiger partial charge in [-0.25, -0.2) is 4.98 Å². The molecule has 4 rings (SSSR count). The lowest BCUT2D eigenvalue weighted by Gasteiger charge is -2.07. The Labute approximate surface area is 137 Å². The summed E-state index contributed by atoms with van der Waals surface area (Å²) >= 11 is 1.55. The van der Waals surface area contributed by atoms with E-state index in [0.29, 0.717) is 5.39 Å². The van der Waals surface area contributed by atoms with Crippen LogP contribution in [-0.2, 0) is 0 Å². The number of nitrogens with zero attached hydrogens (tertiary/aromatic N) is 2. The smallest absolute Gasteiger partial charge is 0.266 e. The molecule has 2 heterocycles. The third kappa shape index (κ3) is 2.37. The molecule has 0 atom stereocenters. The van der Waals surface area contributed by atoms with Crippen molar-refractivity contribution in [3.63, 3.8) is 0 Å². The fraction of sp³-hybridized carbons (Fsp3) is 0.0526. The molecule has 4 heteroatoms. The van der Waals surface area contributed by atoms with Crippen molar-refractivity contribution < 1.29 is 0 Å². The van der Waals surface area contributed by atoms with Crippen molar-refractivity contribution in [2.24, 2.45) is 0 Å². The summed E-state index contributed by atoms with van der Waals surface area (Å²) in [6.07, 6.45) is 1.62. The van der Waals surface area contributed by atoms with Crippen LogP contribution in [0.4, 0.5) is 0 Å². The first-order valence-corrected chi connectivity index (χ1v) is 8.18. The first kappa shape index (κ1) is 13.9. The van der Waals surface area contributed by atoms with Crippen LogP contribution in [0, 0.1) is 6.92 Å². The normalized spacial score (nSPS) is 11.0. The van der Waals surface area contributed by atoms with Gasteiger partial charge in [0.1, 0.15) is 11.2 Å². The first-order chi connectivity index (χ1) is 11.2. The van der Waals surface area contributed by atoms with Crippen molar-refractivity contribution >= 4 is 21.6 Å². The molecule has 2 aromatic heterocycles. The zero-order chi connectivity index (χ0) is 15.8. The number of fused-ring (bicyclic) bond motifs is 1. The summed E-state index contributed by atoms with van der Waals surface area (Å²) in [5.41, 5.74) is 3.01. The van der Waals surface area contributed by atoms with Gasteiger partial charge in [-0.2, -0.15) is 0 Å². The van der Waals surface area contributed by atoms with Gasteiger partial charge in [0.15, 0.2) is 0 Å². The maximum absolute atomic E-state index is 12.9. The van der Waals surface area contributed by atoms with Crippen LogP contribution in [0.3, 0.4) is 0 Å². The molecule has 0 radical (unpaired) electrons. The summed E-state index contributed by atoms with van der Waals surface area (Å²) in [7, 11) is 0. The standard InChI is InChI=1S/C19H14N2OS/c1-13-7-5-6-10-16(13)21-12-20-18-15(19(21)22)11-17(23-18)14-8-3-2-4-9-14/h2-12H,1H3. The number of benzene rings is 2. The van der Waals surface area contributed by atoms with E-state index in [2.05, 4.69) is 4.98 Å². The minimum absolute atomic E-state index is 0.0252. The van der Waals surface area contributed by atoms with Gasteiger partial charge in [-0.1, -0.05) is 48.5 Å². The van der Waals surface area contributed by atoms with Crippen molar-refractivity contribution in [2.45, 2.75) is 6.92 Å². The molecule has 0 saturated heterocycles.